The summed E-state index contributed by atoms with van der Waals surface area (Å²) in [4.78, 5) is 0. The van der Waals surface area contributed by atoms with Gasteiger partial charge >= 0.3 is 0 Å². The minimum Gasteiger partial charge on any atom is -0.494 e. The number of rotatable bonds is 5. The van der Waals surface area contributed by atoms with E-state index in [1.807, 2.05) is 0 Å². The molecular formula is C23H27N3O. The van der Waals surface area contributed by atoms with Gasteiger partial charge in [-0.25, -0.2) is 0 Å². The molecule has 4 heteroatoms. The van der Waals surface area contributed by atoms with Crippen LogP contribution in [0, 0.1) is 23.2 Å². The second-order valence-electron chi connectivity index (χ2n) is 7.54. The van der Waals surface area contributed by atoms with Crippen LogP contribution in [0.5, 0.6) is 0 Å². The van der Waals surface area contributed by atoms with Gasteiger partial charge in [0, 0.05) is 24.8 Å². The van der Waals surface area contributed by atoms with E-state index >= 15 is 0 Å². The number of nitrogens with one attached hydrogen (secondary N) is 2. The average molecular weight is 361 g/mol. The van der Waals surface area contributed by atoms with Gasteiger partial charge in [-0.2, -0.15) is 5.26 Å². The van der Waals surface area contributed by atoms with Crippen molar-refractivity contribution in [3.63, 3.8) is 0 Å². The normalized spacial score (nSPS) is 24.9. The Morgan fingerprint density at radius 3 is 2.74 bits per heavy atom. The molecule has 27 heavy (non-hydrogen) atoms. The zero-order chi connectivity index (χ0) is 18.5. The predicted molar refractivity (Wildman–Crippen MR) is 108 cm³/mol. The third kappa shape index (κ3) is 4.26. The number of allylic oxidation sites excluding steroid dienone is 4. The van der Waals surface area contributed by atoms with Crippen LogP contribution < -0.4 is 10.6 Å². The summed E-state index contributed by atoms with van der Waals surface area (Å²) in [5, 5.41) is 15.5. The van der Waals surface area contributed by atoms with Gasteiger partial charge in [-0.05, 0) is 61.3 Å². The fourth-order valence-electron chi connectivity index (χ4n) is 4.09. The molecule has 1 aromatic rings. The van der Waals surface area contributed by atoms with E-state index in [1.54, 1.807) is 0 Å². The lowest BCUT2D eigenvalue weighted by Crippen LogP contribution is -2.36. The largest absolute Gasteiger partial charge is 0.494 e. The van der Waals surface area contributed by atoms with Crippen molar-refractivity contribution in [3.8, 4) is 6.07 Å². The molecule has 0 spiro atoms. The van der Waals surface area contributed by atoms with Crippen LogP contribution >= 0.6 is 0 Å². The highest BCUT2D eigenvalue weighted by molar-refractivity contribution is 5.76. The smallest absolute Gasteiger partial charge is 0.103 e. The van der Waals surface area contributed by atoms with Gasteiger partial charge in [0.25, 0.3) is 0 Å². The first-order chi connectivity index (χ1) is 13.3. The topological polar surface area (TPSA) is 57.1 Å². The maximum absolute atomic E-state index is 8.76. The molecule has 0 aromatic heterocycles. The molecule has 2 N–H and O–H groups in total. The second-order valence-corrected chi connectivity index (χ2v) is 7.54. The number of hydrogen-bond acceptors (Lipinski definition) is 4. The highest BCUT2D eigenvalue weighted by Gasteiger charge is 2.31. The zero-order valence-corrected chi connectivity index (χ0v) is 15.7. The lowest BCUT2D eigenvalue weighted by Gasteiger charge is -2.35. The molecule has 2 aliphatic heterocycles. The molecular weight excluding hydrogens is 334 g/mol. The van der Waals surface area contributed by atoms with Gasteiger partial charge in [0.15, 0.2) is 0 Å². The van der Waals surface area contributed by atoms with Crippen molar-refractivity contribution < 1.29 is 4.74 Å². The summed E-state index contributed by atoms with van der Waals surface area (Å²) in [7, 11) is 0. The van der Waals surface area contributed by atoms with Gasteiger partial charge in [-0.3, -0.25) is 0 Å². The summed E-state index contributed by atoms with van der Waals surface area (Å²) in [6.07, 6.45) is 12.8. The zero-order valence-electron chi connectivity index (χ0n) is 15.7. The Labute approximate surface area is 161 Å². The summed E-state index contributed by atoms with van der Waals surface area (Å²) in [6, 6.07) is 10.8. The molecule has 4 rings (SSSR count). The Kier molecular flexibility index (Phi) is 5.60. The van der Waals surface area contributed by atoms with E-state index in [-0.39, 0.29) is 0 Å². The third-order valence-electron chi connectivity index (χ3n) is 5.68. The summed E-state index contributed by atoms with van der Waals surface area (Å²) < 4.78 is 6.50. The fraction of sp³-hybridized carbons (Fsp3) is 0.435. The van der Waals surface area contributed by atoms with E-state index in [4.69, 9.17) is 10.00 Å². The van der Waals surface area contributed by atoms with Crippen LogP contribution in [-0.4, -0.2) is 25.7 Å². The van der Waals surface area contributed by atoms with Crippen LogP contribution in [0.3, 0.4) is 0 Å². The van der Waals surface area contributed by atoms with Crippen LogP contribution in [0.4, 0.5) is 0 Å². The van der Waals surface area contributed by atoms with Gasteiger partial charge < -0.3 is 15.4 Å². The van der Waals surface area contributed by atoms with Crippen LogP contribution in [0.25, 0.3) is 5.57 Å². The number of hydrogen-bond donors (Lipinski definition) is 2. The SMILES string of the molecule is N#CCCc1ccc(C2=CC3C=CNCC3C(OC3CCNCC3)=C2)cc1. The number of nitriles is 1. The fourth-order valence-corrected chi connectivity index (χ4v) is 4.09. The quantitative estimate of drug-likeness (QED) is 0.842. The second kappa shape index (κ2) is 8.45. The molecule has 0 amide bonds. The Balaban J connectivity index is 1.56. The van der Waals surface area contributed by atoms with Crippen LogP contribution in [0.1, 0.15) is 30.4 Å². The van der Waals surface area contributed by atoms with E-state index in [2.05, 4.69) is 65.4 Å². The summed E-state index contributed by atoms with van der Waals surface area (Å²) in [5.41, 5.74) is 3.66. The molecule has 140 valence electrons. The van der Waals surface area contributed by atoms with E-state index < -0.39 is 0 Å². The van der Waals surface area contributed by atoms with Gasteiger partial charge in [0.1, 0.15) is 11.9 Å². The summed E-state index contributed by atoms with van der Waals surface area (Å²) in [6.45, 7) is 3.00. The summed E-state index contributed by atoms with van der Waals surface area (Å²) in [5.74, 6) is 1.87. The number of piperidine rings is 1. The van der Waals surface area contributed by atoms with Crippen molar-refractivity contribution in [2.24, 2.45) is 11.8 Å². The van der Waals surface area contributed by atoms with E-state index in [9.17, 15) is 0 Å². The van der Waals surface area contributed by atoms with Crippen LogP contribution in [-0.2, 0) is 11.2 Å². The Bertz CT molecular complexity index is 779. The Morgan fingerprint density at radius 2 is 1.96 bits per heavy atom. The number of nitrogens with zero attached hydrogens (tertiary/aromatic N) is 1. The number of fused-ring (bicyclic) bond motifs is 1. The molecule has 1 saturated heterocycles. The maximum Gasteiger partial charge on any atom is 0.103 e. The predicted octanol–water partition coefficient (Wildman–Crippen LogP) is 3.54. The monoisotopic (exact) mass is 361 g/mol. The molecule has 2 unspecified atom stereocenters. The molecule has 3 aliphatic rings. The van der Waals surface area contributed by atoms with Crippen molar-refractivity contribution in [2.75, 3.05) is 19.6 Å². The van der Waals surface area contributed by atoms with Crippen molar-refractivity contribution in [2.45, 2.75) is 31.8 Å². The minimum atomic E-state index is 0.316. The van der Waals surface area contributed by atoms with Gasteiger partial charge in [-0.1, -0.05) is 36.4 Å². The molecule has 1 aromatic carbocycles. The van der Waals surface area contributed by atoms with E-state index in [0.717, 1.165) is 44.7 Å². The molecule has 1 fully saturated rings. The van der Waals surface area contributed by atoms with Gasteiger partial charge in [-0.15, -0.1) is 0 Å². The van der Waals surface area contributed by atoms with Crippen molar-refractivity contribution in [1.29, 1.82) is 5.26 Å². The highest BCUT2D eigenvalue weighted by atomic mass is 16.5. The first-order valence-corrected chi connectivity index (χ1v) is 10.0. The van der Waals surface area contributed by atoms with E-state index in [0.29, 0.717) is 24.4 Å². The maximum atomic E-state index is 8.76. The molecule has 2 heterocycles. The van der Waals surface area contributed by atoms with Crippen LogP contribution in [0.2, 0.25) is 0 Å². The molecule has 2 atom stereocenters. The molecule has 4 nitrogen and oxygen atoms in total. The number of benzene rings is 1. The molecule has 1 aliphatic carbocycles. The Morgan fingerprint density at radius 1 is 1.15 bits per heavy atom. The molecule has 0 radical (unpaired) electrons. The summed E-state index contributed by atoms with van der Waals surface area (Å²) >= 11 is 0. The minimum absolute atomic E-state index is 0.316. The lowest BCUT2D eigenvalue weighted by molar-refractivity contribution is 0.0637. The van der Waals surface area contributed by atoms with Crippen molar-refractivity contribution >= 4 is 5.57 Å². The highest BCUT2D eigenvalue weighted by Crippen LogP contribution is 2.37. The van der Waals surface area contributed by atoms with Crippen molar-refractivity contribution in [3.05, 3.63) is 65.6 Å². The average Bonchev–Trinajstić information content (AvgIpc) is 2.73. The van der Waals surface area contributed by atoms with Crippen LogP contribution in [0.15, 0.2) is 54.5 Å². The lowest BCUT2D eigenvalue weighted by atomic mass is 9.81. The Hall–Kier alpha value is -2.51. The van der Waals surface area contributed by atoms with E-state index in [1.165, 1.54) is 16.7 Å². The molecule has 0 bridgehead atoms. The number of aryl methyl sites for hydroxylation is 1. The van der Waals surface area contributed by atoms with Crippen molar-refractivity contribution in [1.82, 2.24) is 10.6 Å². The third-order valence-corrected chi connectivity index (χ3v) is 5.68. The first kappa shape index (κ1) is 17.9. The first-order valence-electron chi connectivity index (χ1n) is 10.0. The molecule has 0 saturated carbocycles. The van der Waals surface area contributed by atoms with Gasteiger partial charge in [0.05, 0.1) is 6.07 Å². The van der Waals surface area contributed by atoms with Gasteiger partial charge in [0.2, 0.25) is 0 Å². The number of ether oxygens (including phenoxy) is 1. The standard InChI is InChI=1S/C23H27N3O/c24-10-1-2-17-3-5-18(6-4-17)20-14-19-7-11-26-16-22(19)23(15-20)27-21-8-12-25-13-9-21/h3-7,11,14-15,19,21-22,25-26H,1-2,8-9,12-13,16H2.